The number of nitrogens with one attached hydrogen (secondary N) is 1. The van der Waals surface area contributed by atoms with Crippen LogP contribution in [0.5, 0.6) is 0 Å². The van der Waals surface area contributed by atoms with Crippen LogP contribution in [0.25, 0.3) is 0 Å². The van der Waals surface area contributed by atoms with E-state index >= 15 is 0 Å². The number of aryl methyl sites for hydroxylation is 1. The maximum Gasteiger partial charge on any atom is 0.0327 e. The molecule has 2 rings (SSSR count). The molecule has 1 aromatic carbocycles. The lowest BCUT2D eigenvalue weighted by molar-refractivity contribution is 0.0602. The Bertz CT molecular complexity index is 355. The molecule has 0 saturated heterocycles. The van der Waals surface area contributed by atoms with Crippen molar-refractivity contribution in [3.8, 4) is 0 Å². The molecule has 0 atom stereocenters. The van der Waals surface area contributed by atoms with Crippen molar-refractivity contribution < 1.29 is 0 Å². The van der Waals surface area contributed by atoms with Gasteiger partial charge in [-0.3, -0.25) is 0 Å². The summed E-state index contributed by atoms with van der Waals surface area (Å²) in [4.78, 5) is 2.41. The van der Waals surface area contributed by atoms with Gasteiger partial charge in [-0.15, -0.1) is 0 Å². The molecule has 0 bridgehead atoms. The lowest BCUT2D eigenvalue weighted by atomic mass is 9.75. The van der Waals surface area contributed by atoms with Gasteiger partial charge in [0, 0.05) is 12.1 Å². The van der Waals surface area contributed by atoms with Gasteiger partial charge in [-0.25, -0.2) is 0 Å². The fourth-order valence-corrected chi connectivity index (χ4v) is 2.91. The van der Waals surface area contributed by atoms with Crippen LogP contribution in [0.15, 0.2) is 30.3 Å². The first-order valence-electron chi connectivity index (χ1n) is 7.65. The van der Waals surface area contributed by atoms with Gasteiger partial charge in [0.05, 0.1) is 0 Å². The number of hydrogen-bond acceptors (Lipinski definition) is 2. The first kappa shape index (κ1) is 14.5. The van der Waals surface area contributed by atoms with Gasteiger partial charge in [0.25, 0.3) is 0 Å². The van der Waals surface area contributed by atoms with Crippen molar-refractivity contribution in [2.24, 2.45) is 0 Å². The molecule has 1 N–H and O–H groups in total. The van der Waals surface area contributed by atoms with Gasteiger partial charge in [0.2, 0.25) is 0 Å². The first-order chi connectivity index (χ1) is 9.23. The molecule has 2 heteroatoms. The quantitative estimate of drug-likeness (QED) is 0.723. The van der Waals surface area contributed by atoms with Gasteiger partial charge in [-0.05, 0) is 64.7 Å². The van der Waals surface area contributed by atoms with Gasteiger partial charge < -0.3 is 10.2 Å². The molecule has 1 aliphatic carbocycles. The second-order valence-corrected chi connectivity index (χ2v) is 6.09. The average Bonchev–Trinajstić information content (AvgIpc) is 2.36. The van der Waals surface area contributed by atoms with Crippen LogP contribution in [-0.4, -0.2) is 37.6 Å². The van der Waals surface area contributed by atoms with E-state index in [1.165, 1.54) is 44.1 Å². The van der Waals surface area contributed by atoms with E-state index in [4.69, 9.17) is 0 Å². The molecule has 0 radical (unpaired) electrons. The summed E-state index contributed by atoms with van der Waals surface area (Å²) in [5, 5.41) is 3.65. The van der Waals surface area contributed by atoms with Crippen LogP contribution >= 0.6 is 0 Å². The van der Waals surface area contributed by atoms with Crippen LogP contribution in [0.4, 0.5) is 0 Å². The molecule has 1 aliphatic rings. The highest BCUT2D eigenvalue weighted by molar-refractivity contribution is 5.14. The molecule has 0 heterocycles. The van der Waals surface area contributed by atoms with E-state index in [1.807, 2.05) is 0 Å². The van der Waals surface area contributed by atoms with Gasteiger partial charge in [0.1, 0.15) is 0 Å². The van der Waals surface area contributed by atoms with Gasteiger partial charge in [-0.2, -0.15) is 0 Å². The molecule has 0 aliphatic heterocycles. The maximum atomic E-state index is 3.65. The van der Waals surface area contributed by atoms with Gasteiger partial charge in [0.15, 0.2) is 0 Å². The number of likely N-dealkylation sites (N-methyl/N-ethyl adjacent to an activating group) is 1. The summed E-state index contributed by atoms with van der Waals surface area (Å²) in [5.41, 5.74) is 1.92. The summed E-state index contributed by atoms with van der Waals surface area (Å²) in [7, 11) is 4.44. The minimum absolute atomic E-state index is 0.458. The molecule has 1 aromatic rings. The number of nitrogens with zero attached hydrogens (tertiary/aromatic N) is 1. The molecule has 0 spiro atoms. The normalized spacial score (nSPS) is 17.4. The lowest BCUT2D eigenvalue weighted by Gasteiger charge is -2.47. The SMILES string of the molecule is CN(C)C1(CNCCCCc2ccccc2)CCC1. The standard InChI is InChI=1S/C17H28N2/c1-19(2)17(12-8-13-17)15-18-14-7-6-11-16-9-4-3-5-10-16/h3-5,9-10,18H,6-8,11-15H2,1-2H3. The monoisotopic (exact) mass is 260 g/mol. The Kier molecular flexibility index (Phi) is 5.41. The van der Waals surface area contributed by atoms with E-state index in [-0.39, 0.29) is 0 Å². The fraction of sp³-hybridized carbons (Fsp3) is 0.647. The summed E-state index contributed by atoms with van der Waals surface area (Å²) in [6, 6.07) is 10.8. The summed E-state index contributed by atoms with van der Waals surface area (Å²) >= 11 is 0. The van der Waals surface area contributed by atoms with Crippen molar-refractivity contribution >= 4 is 0 Å². The highest BCUT2D eigenvalue weighted by Gasteiger charge is 2.38. The Labute approximate surface area is 118 Å². The van der Waals surface area contributed by atoms with Crippen molar-refractivity contribution in [2.45, 2.75) is 44.1 Å². The summed E-state index contributed by atoms with van der Waals surface area (Å²) < 4.78 is 0. The zero-order valence-corrected chi connectivity index (χ0v) is 12.5. The van der Waals surface area contributed by atoms with Crippen molar-refractivity contribution in [2.75, 3.05) is 27.2 Å². The number of benzene rings is 1. The predicted octanol–water partition coefficient (Wildman–Crippen LogP) is 3.08. The molecular weight excluding hydrogens is 232 g/mol. The third-order valence-electron chi connectivity index (χ3n) is 4.60. The molecule has 19 heavy (non-hydrogen) atoms. The summed E-state index contributed by atoms with van der Waals surface area (Å²) in [6.45, 7) is 2.31. The van der Waals surface area contributed by atoms with Crippen LogP contribution in [-0.2, 0) is 6.42 Å². The fourth-order valence-electron chi connectivity index (χ4n) is 2.91. The van der Waals surface area contributed by atoms with E-state index in [0.717, 1.165) is 13.1 Å². The third-order valence-corrected chi connectivity index (χ3v) is 4.60. The van der Waals surface area contributed by atoms with Crippen molar-refractivity contribution in [3.63, 3.8) is 0 Å². The van der Waals surface area contributed by atoms with Gasteiger partial charge >= 0.3 is 0 Å². The lowest BCUT2D eigenvalue weighted by Crippen LogP contribution is -2.56. The van der Waals surface area contributed by atoms with Crippen LogP contribution in [0.1, 0.15) is 37.7 Å². The Morgan fingerprint density at radius 1 is 1.11 bits per heavy atom. The molecule has 1 saturated carbocycles. The highest BCUT2D eigenvalue weighted by atomic mass is 15.2. The highest BCUT2D eigenvalue weighted by Crippen LogP contribution is 2.35. The minimum atomic E-state index is 0.458. The molecule has 1 fully saturated rings. The second kappa shape index (κ2) is 7.06. The predicted molar refractivity (Wildman–Crippen MR) is 82.5 cm³/mol. The number of rotatable bonds is 8. The topological polar surface area (TPSA) is 15.3 Å². The van der Waals surface area contributed by atoms with Crippen molar-refractivity contribution in [1.29, 1.82) is 0 Å². The van der Waals surface area contributed by atoms with Crippen LogP contribution in [0, 0.1) is 0 Å². The van der Waals surface area contributed by atoms with Crippen LogP contribution < -0.4 is 5.32 Å². The molecule has 0 aromatic heterocycles. The summed E-state index contributed by atoms with van der Waals surface area (Å²) in [6.07, 6.45) is 7.88. The smallest absolute Gasteiger partial charge is 0.0327 e. The van der Waals surface area contributed by atoms with Gasteiger partial charge in [-0.1, -0.05) is 30.3 Å². The largest absolute Gasteiger partial charge is 0.315 e. The second-order valence-electron chi connectivity index (χ2n) is 6.09. The molecule has 106 valence electrons. The molecule has 0 amide bonds. The van der Waals surface area contributed by atoms with Crippen LogP contribution in [0.2, 0.25) is 0 Å². The zero-order chi connectivity index (χ0) is 13.6. The Hall–Kier alpha value is -0.860. The maximum absolute atomic E-state index is 3.65. The van der Waals surface area contributed by atoms with Crippen molar-refractivity contribution in [3.05, 3.63) is 35.9 Å². The van der Waals surface area contributed by atoms with E-state index in [0.29, 0.717) is 5.54 Å². The minimum Gasteiger partial charge on any atom is -0.315 e. The number of unbranched alkanes of at least 4 members (excludes halogenated alkanes) is 1. The third kappa shape index (κ3) is 4.05. The van der Waals surface area contributed by atoms with Crippen LogP contribution in [0.3, 0.4) is 0 Å². The van der Waals surface area contributed by atoms with E-state index < -0.39 is 0 Å². The Morgan fingerprint density at radius 3 is 2.42 bits per heavy atom. The molecular formula is C17H28N2. The summed E-state index contributed by atoms with van der Waals surface area (Å²) in [5.74, 6) is 0. The average molecular weight is 260 g/mol. The Balaban J connectivity index is 1.55. The first-order valence-corrected chi connectivity index (χ1v) is 7.65. The van der Waals surface area contributed by atoms with E-state index in [2.05, 4.69) is 54.6 Å². The van der Waals surface area contributed by atoms with E-state index in [1.54, 1.807) is 0 Å². The zero-order valence-electron chi connectivity index (χ0n) is 12.5. The Morgan fingerprint density at radius 2 is 1.84 bits per heavy atom. The molecule has 0 unspecified atom stereocenters. The van der Waals surface area contributed by atoms with Crippen molar-refractivity contribution in [1.82, 2.24) is 10.2 Å². The van der Waals surface area contributed by atoms with E-state index in [9.17, 15) is 0 Å². The molecule has 2 nitrogen and oxygen atoms in total. The number of hydrogen-bond donors (Lipinski definition) is 1.